The second-order valence-corrected chi connectivity index (χ2v) is 11.1. The minimum atomic E-state index is -0.892. The smallest absolute Gasteiger partial charge is 0.201 e. The highest BCUT2D eigenvalue weighted by Crippen LogP contribution is 2.57. The lowest BCUT2D eigenvalue weighted by atomic mass is 9.63. The van der Waals surface area contributed by atoms with Gasteiger partial charge in [0.25, 0.3) is 0 Å². The van der Waals surface area contributed by atoms with Crippen molar-refractivity contribution in [1.29, 1.82) is 0 Å². The number of phenols is 6. The van der Waals surface area contributed by atoms with Crippen LogP contribution < -0.4 is 0 Å². The van der Waals surface area contributed by atoms with Crippen molar-refractivity contribution in [2.24, 2.45) is 0 Å². The SMILES string of the molecule is CCCc1cc(O)c2c(c1)[C@H]([C@H]1c3cc(O)cc(O)c3C(=O)c3c(O)cc(CCC)cc31)c1cc(O)cc(O)c1C2=O. The normalized spacial score (nSPS) is 16.9. The molecule has 0 amide bonds. The minimum absolute atomic E-state index is 0.0216. The van der Waals surface area contributed by atoms with Gasteiger partial charge >= 0.3 is 0 Å². The van der Waals surface area contributed by atoms with E-state index in [9.17, 15) is 40.2 Å². The molecule has 2 aliphatic carbocycles. The van der Waals surface area contributed by atoms with Crippen LogP contribution in [0.1, 0.15) is 104 Å². The number of phenolic OH excluding ortho intramolecular Hbond substituents is 6. The summed E-state index contributed by atoms with van der Waals surface area (Å²) < 4.78 is 0. The predicted molar refractivity (Wildman–Crippen MR) is 154 cm³/mol. The van der Waals surface area contributed by atoms with E-state index in [2.05, 4.69) is 0 Å². The van der Waals surface area contributed by atoms with E-state index in [0.717, 1.165) is 36.1 Å². The molecule has 0 heterocycles. The molecule has 0 bridgehead atoms. The summed E-state index contributed by atoms with van der Waals surface area (Å²) in [6.07, 6.45) is 2.71. The first-order chi connectivity index (χ1) is 20.0. The van der Waals surface area contributed by atoms with Gasteiger partial charge in [-0.2, -0.15) is 0 Å². The summed E-state index contributed by atoms with van der Waals surface area (Å²) in [6, 6.07) is 11.5. The van der Waals surface area contributed by atoms with Crippen LogP contribution in [0.4, 0.5) is 0 Å². The average molecular weight is 567 g/mol. The summed E-state index contributed by atoms with van der Waals surface area (Å²) in [4.78, 5) is 27.7. The number of fused-ring (bicyclic) bond motifs is 4. The number of aromatic hydroxyl groups is 6. The molecule has 6 N–H and O–H groups in total. The Morgan fingerprint density at radius 1 is 0.476 bits per heavy atom. The third-order valence-electron chi connectivity index (χ3n) is 8.34. The van der Waals surface area contributed by atoms with E-state index < -0.39 is 34.9 Å². The van der Waals surface area contributed by atoms with Crippen LogP contribution in [-0.4, -0.2) is 42.2 Å². The summed E-state index contributed by atoms with van der Waals surface area (Å²) in [5, 5.41) is 65.4. The van der Waals surface area contributed by atoms with E-state index in [-0.39, 0.29) is 56.4 Å². The summed E-state index contributed by atoms with van der Waals surface area (Å²) >= 11 is 0. The number of rotatable bonds is 5. The molecule has 8 nitrogen and oxygen atoms in total. The minimum Gasteiger partial charge on any atom is -0.508 e. The van der Waals surface area contributed by atoms with Crippen LogP contribution >= 0.6 is 0 Å². The molecule has 0 unspecified atom stereocenters. The first kappa shape index (κ1) is 27.2. The Balaban J connectivity index is 1.78. The monoisotopic (exact) mass is 566 g/mol. The van der Waals surface area contributed by atoms with Gasteiger partial charge in [-0.3, -0.25) is 9.59 Å². The van der Waals surface area contributed by atoms with E-state index in [1.807, 2.05) is 13.8 Å². The Bertz CT molecular complexity index is 1690. The fraction of sp³-hybridized carbons (Fsp3) is 0.235. The Morgan fingerprint density at radius 3 is 1.12 bits per heavy atom. The maximum atomic E-state index is 13.8. The van der Waals surface area contributed by atoms with Gasteiger partial charge in [0.05, 0.1) is 22.3 Å². The summed E-state index contributed by atoms with van der Waals surface area (Å²) in [5.74, 6) is -5.10. The van der Waals surface area contributed by atoms with Crippen LogP contribution in [0.3, 0.4) is 0 Å². The second-order valence-electron chi connectivity index (χ2n) is 11.1. The standard InChI is InChI=1S/C34H30O8/c1-3-5-15-7-19-27(21-11-17(35)13-25(39)31(21)33(41)29(19)23(37)9-15)28-20-8-16(6-4-2)10-24(38)30(20)34(42)32-22(28)12-18(36)14-26(32)40/h7-14,27-28,35-40H,3-6H2,1-2H3/t27-,28+. The molecule has 4 aromatic rings. The maximum Gasteiger partial charge on any atom is 0.201 e. The Labute approximate surface area is 241 Å². The Kier molecular flexibility index (Phi) is 6.37. The third-order valence-corrected chi connectivity index (χ3v) is 8.34. The Morgan fingerprint density at radius 2 is 0.786 bits per heavy atom. The lowest BCUT2D eigenvalue weighted by Gasteiger charge is -2.39. The zero-order valence-corrected chi connectivity index (χ0v) is 23.1. The molecular formula is C34H30O8. The van der Waals surface area contributed by atoms with Crippen LogP contribution in [0.2, 0.25) is 0 Å². The van der Waals surface area contributed by atoms with Crippen molar-refractivity contribution < 1.29 is 40.2 Å². The van der Waals surface area contributed by atoms with Crippen molar-refractivity contribution in [3.63, 3.8) is 0 Å². The fourth-order valence-corrected chi connectivity index (χ4v) is 6.83. The fourth-order valence-electron chi connectivity index (χ4n) is 6.83. The van der Waals surface area contributed by atoms with Crippen LogP contribution in [-0.2, 0) is 12.8 Å². The van der Waals surface area contributed by atoms with Crippen molar-refractivity contribution in [2.45, 2.75) is 51.4 Å². The molecule has 0 aliphatic heterocycles. The number of carbonyl (C=O) groups is 2. The van der Waals surface area contributed by atoms with Gasteiger partial charge in [-0.1, -0.05) is 38.8 Å². The lowest BCUT2D eigenvalue weighted by Crippen LogP contribution is -2.30. The molecule has 42 heavy (non-hydrogen) atoms. The molecular weight excluding hydrogens is 536 g/mol. The third kappa shape index (κ3) is 3.97. The molecule has 0 spiro atoms. The van der Waals surface area contributed by atoms with Crippen molar-refractivity contribution in [1.82, 2.24) is 0 Å². The van der Waals surface area contributed by atoms with Gasteiger partial charge in [-0.15, -0.1) is 0 Å². The maximum absolute atomic E-state index is 13.8. The predicted octanol–water partition coefficient (Wildman–Crippen LogP) is 5.88. The lowest BCUT2D eigenvalue weighted by molar-refractivity contribution is 0.101. The van der Waals surface area contributed by atoms with E-state index in [1.165, 1.54) is 24.3 Å². The van der Waals surface area contributed by atoms with Gasteiger partial charge in [0.2, 0.25) is 11.6 Å². The number of aryl methyl sites for hydroxylation is 2. The first-order valence-electron chi connectivity index (χ1n) is 14.0. The van der Waals surface area contributed by atoms with Gasteiger partial charge in [0.15, 0.2) is 0 Å². The van der Waals surface area contributed by atoms with E-state index in [0.29, 0.717) is 24.0 Å². The van der Waals surface area contributed by atoms with Gasteiger partial charge < -0.3 is 30.6 Å². The molecule has 214 valence electrons. The largest absolute Gasteiger partial charge is 0.508 e. The summed E-state index contributed by atoms with van der Waals surface area (Å²) in [5.41, 5.74) is 2.56. The van der Waals surface area contributed by atoms with Crippen LogP contribution in [0.25, 0.3) is 0 Å². The summed E-state index contributed by atoms with van der Waals surface area (Å²) in [6.45, 7) is 3.96. The zero-order valence-electron chi connectivity index (χ0n) is 23.1. The van der Waals surface area contributed by atoms with E-state index in [4.69, 9.17) is 0 Å². The molecule has 0 saturated heterocycles. The molecule has 8 heteroatoms. The molecule has 0 radical (unpaired) electrons. The number of hydrogen-bond donors (Lipinski definition) is 6. The topological polar surface area (TPSA) is 156 Å². The molecule has 2 aliphatic rings. The van der Waals surface area contributed by atoms with Crippen LogP contribution in [0.15, 0.2) is 48.5 Å². The number of benzene rings is 4. The van der Waals surface area contributed by atoms with Crippen LogP contribution in [0.5, 0.6) is 34.5 Å². The van der Waals surface area contributed by atoms with Gasteiger partial charge in [-0.25, -0.2) is 0 Å². The molecule has 0 fully saturated rings. The average Bonchev–Trinajstić information content (AvgIpc) is 2.89. The molecule has 0 aromatic heterocycles. The molecule has 2 atom stereocenters. The molecule has 6 rings (SSSR count). The zero-order chi connectivity index (χ0) is 30.0. The summed E-state index contributed by atoms with van der Waals surface area (Å²) in [7, 11) is 0. The number of hydrogen-bond acceptors (Lipinski definition) is 8. The number of ketones is 2. The quantitative estimate of drug-likeness (QED) is 0.175. The highest BCUT2D eigenvalue weighted by molar-refractivity contribution is 6.18. The highest BCUT2D eigenvalue weighted by Gasteiger charge is 2.46. The molecule has 0 saturated carbocycles. The van der Waals surface area contributed by atoms with Gasteiger partial charge in [0, 0.05) is 24.0 Å². The highest BCUT2D eigenvalue weighted by atomic mass is 16.3. The van der Waals surface area contributed by atoms with Crippen molar-refractivity contribution in [3.05, 3.63) is 104 Å². The van der Waals surface area contributed by atoms with Crippen molar-refractivity contribution >= 4 is 11.6 Å². The van der Waals surface area contributed by atoms with Gasteiger partial charge in [-0.05, 0) is 70.5 Å². The van der Waals surface area contributed by atoms with Gasteiger partial charge in [0.1, 0.15) is 34.5 Å². The van der Waals surface area contributed by atoms with Crippen molar-refractivity contribution in [2.75, 3.05) is 0 Å². The second kappa shape index (κ2) is 9.83. The number of carbonyl (C=O) groups excluding carboxylic acids is 2. The molecule has 4 aromatic carbocycles. The van der Waals surface area contributed by atoms with Crippen LogP contribution in [0, 0.1) is 0 Å². The van der Waals surface area contributed by atoms with E-state index in [1.54, 1.807) is 12.1 Å². The van der Waals surface area contributed by atoms with Crippen molar-refractivity contribution in [3.8, 4) is 34.5 Å². The first-order valence-corrected chi connectivity index (χ1v) is 14.0. The Hall–Kier alpha value is -4.98. The van der Waals surface area contributed by atoms with E-state index >= 15 is 0 Å².